The van der Waals surface area contributed by atoms with E-state index < -0.39 is 35.9 Å². The molecule has 1 saturated carbocycles. The first-order valence-electron chi connectivity index (χ1n) is 16.1. The number of piperidine rings is 1. The van der Waals surface area contributed by atoms with Crippen molar-refractivity contribution in [3.63, 3.8) is 0 Å². The molecule has 6 rings (SSSR count). The molecule has 0 bridgehead atoms. The Bertz CT molecular complexity index is 1630. The summed E-state index contributed by atoms with van der Waals surface area (Å²) in [6, 6.07) is 5.94. The van der Waals surface area contributed by atoms with Crippen LogP contribution in [0.15, 0.2) is 36.7 Å². The molecule has 2 unspecified atom stereocenters. The van der Waals surface area contributed by atoms with E-state index in [1.54, 1.807) is 0 Å². The molecule has 3 aliphatic rings. The lowest BCUT2D eigenvalue weighted by molar-refractivity contribution is -0.137. The van der Waals surface area contributed by atoms with Crippen LogP contribution < -0.4 is 4.90 Å². The molecule has 2 aliphatic carbocycles. The predicted molar refractivity (Wildman–Crippen MR) is 163 cm³/mol. The van der Waals surface area contributed by atoms with Gasteiger partial charge in [-0.15, -0.1) is 0 Å². The van der Waals surface area contributed by atoms with E-state index in [0.29, 0.717) is 72.8 Å². The number of anilines is 1. The average molecular weight is 658 g/mol. The summed E-state index contributed by atoms with van der Waals surface area (Å²) in [4.78, 5) is 15.6. The van der Waals surface area contributed by atoms with Crippen LogP contribution in [0.2, 0.25) is 0 Å². The maximum absolute atomic E-state index is 17.1. The molecule has 0 spiro atoms. The summed E-state index contributed by atoms with van der Waals surface area (Å²) < 4.78 is 86.1. The minimum absolute atomic E-state index is 0.0115. The fourth-order valence-corrected chi connectivity index (χ4v) is 7.61. The number of hydrogen-bond donors (Lipinski definition) is 1. The zero-order chi connectivity index (χ0) is 33.7. The number of alkyl halides is 6. The number of fused-ring (bicyclic) bond motifs is 1. The Balaban J connectivity index is 1.46. The number of nitrogens with zero attached hydrogens (tertiary/aromatic N) is 5. The third kappa shape index (κ3) is 6.82. The number of hydrogen-bond acceptors (Lipinski definition) is 6. The standard InChI is InChI=1S/C35H37F6N5O/c1-33(2)15-25-28(26(47)16-33)27(21-7-11-34(37,38)12-8-21)29(30(36)22-3-5-24(6-4-22)35(39,40)41)31(45-25)23-9-13-46(14-10-23)32-43-18-20(17-42)19-44-32/h3-6,18-19,21,23,26,30,47H,7-16H2,1-2H3. The second-order valence-electron chi connectivity index (χ2n) is 14.0. The van der Waals surface area contributed by atoms with Gasteiger partial charge >= 0.3 is 6.18 Å². The quantitative estimate of drug-likeness (QED) is 0.277. The molecule has 3 aromatic rings. The van der Waals surface area contributed by atoms with E-state index in [4.69, 9.17) is 10.2 Å². The van der Waals surface area contributed by atoms with Crippen molar-refractivity contribution >= 4 is 5.95 Å². The normalized spacial score (nSPS) is 22.4. The minimum atomic E-state index is -4.59. The van der Waals surface area contributed by atoms with Gasteiger partial charge in [0.25, 0.3) is 0 Å². The molecular weight excluding hydrogens is 620 g/mol. The molecule has 1 saturated heterocycles. The summed E-state index contributed by atoms with van der Waals surface area (Å²) in [7, 11) is 0. The molecule has 47 heavy (non-hydrogen) atoms. The van der Waals surface area contributed by atoms with E-state index in [2.05, 4.69) is 9.97 Å². The van der Waals surface area contributed by atoms with E-state index in [0.717, 1.165) is 24.3 Å². The smallest absolute Gasteiger partial charge is 0.388 e. The van der Waals surface area contributed by atoms with Crippen LogP contribution in [0, 0.1) is 16.7 Å². The Morgan fingerprint density at radius 1 is 0.957 bits per heavy atom. The van der Waals surface area contributed by atoms with Crippen LogP contribution in [0.5, 0.6) is 0 Å². The van der Waals surface area contributed by atoms with Crippen molar-refractivity contribution in [2.75, 3.05) is 18.0 Å². The molecular formula is C35H37F6N5O. The van der Waals surface area contributed by atoms with Crippen LogP contribution in [-0.4, -0.2) is 39.1 Å². The van der Waals surface area contributed by atoms with E-state index in [-0.39, 0.29) is 48.1 Å². The largest absolute Gasteiger partial charge is 0.416 e. The maximum atomic E-state index is 17.1. The van der Waals surface area contributed by atoms with Crippen molar-refractivity contribution in [2.24, 2.45) is 5.41 Å². The highest BCUT2D eigenvalue weighted by molar-refractivity contribution is 5.51. The van der Waals surface area contributed by atoms with Gasteiger partial charge in [-0.25, -0.2) is 23.1 Å². The minimum Gasteiger partial charge on any atom is -0.388 e. The molecule has 6 nitrogen and oxygen atoms in total. The lowest BCUT2D eigenvalue weighted by atomic mass is 9.68. The van der Waals surface area contributed by atoms with Crippen molar-refractivity contribution in [3.05, 3.63) is 81.4 Å². The number of rotatable bonds is 5. The Morgan fingerprint density at radius 2 is 1.57 bits per heavy atom. The van der Waals surface area contributed by atoms with Crippen molar-refractivity contribution < 1.29 is 31.4 Å². The van der Waals surface area contributed by atoms with Crippen LogP contribution in [0.1, 0.15) is 128 Å². The zero-order valence-electron chi connectivity index (χ0n) is 26.3. The third-order valence-corrected chi connectivity index (χ3v) is 9.99. The van der Waals surface area contributed by atoms with Crippen molar-refractivity contribution in [1.82, 2.24) is 15.0 Å². The Morgan fingerprint density at radius 3 is 2.15 bits per heavy atom. The first-order valence-corrected chi connectivity index (χ1v) is 16.1. The fraction of sp³-hybridized carbons (Fsp3) is 0.543. The van der Waals surface area contributed by atoms with Gasteiger partial charge in [0.15, 0.2) is 6.17 Å². The van der Waals surface area contributed by atoms with Crippen LogP contribution >= 0.6 is 0 Å². The number of aromatic nitrogens is 3. The van der Waals surface area contributed by atoms with Gasteiger partial charge in [0.05, 0.1) is 35.3 Å². The van der Waals surface area contributed by atoms with Gasteiger partial charge in [0, 0.05) is 48.7 Å². The molecule has 1 aromatic carbocycles. The molecule has 0 radical (unpaired) electrons. The lowest BCUT2D eigenvalue weighted by Crippen LogP contribution is -2.36. The molecule has 2 aromatic heterocycles. The summed E-state index contributed by atoms with van der Waals surface area (Å²) in [5.41, 5.74) is 1.46. The second-order valence-corrected chi connectivity index (χ2v) is 14.0. The van der Waals surface area contributed by atoms with Gasteiger partial charge in [-0.3, -0.25) is 4.98 Å². The number of aliphatic hydroxyl groups is 1. The van der Waals surface area contributed by atoms with Crippen molar-refractivity contribution in [1.29, 1.82) is 5.26 Å². The molecule has 1 N–H and O–H groups in total. The summed E-state index contributed by atoms with van der Waals surface area (Å²) >= 11 is 0. The van der Waals surface area contributed by atoms with Crippen LogP contribution in [0.4, 0.5) is 32.3 Å². The van der Waals surface area contributed by atoms with E-state index in [9.17, 15) is 27.1 Å². The van der Waals surface area contributed by atoms with Gasteiger partial charge in [0.1, 0.15) is 6.07 Å². The molecule has 1 aliphatic heterocycles. The fourth-order valence-electron chi connectivity index (χ4n) is 7.61. The Labute approximate surface area is 269 Å². The van der Waals surface area contributed by atoms with Gasteiger partial charge in [0.2, 0.25) is 11.9 Å². The van der Waals surface area contributed by atoms with Gasteiger partial charge < -0.3 is 10.0 Å². The highest BCUT2D eigenvalue weighted by Gasteiger charge is 2.43. The highest BCUT2D eigenvalue weighted by atomic mass is 19.4. The molecule has 0 amide bonds. The van der Waals surface area contributed by atoms with Crippen molar-refractivity contribution in [2.45, 2.75) is 101 Å². The van der Waals surface area contributed by atoms with Crippen molar-refractivity contribution in [3.8, 4) is 6.07 Å². The molecule has 2 atom stereocenters. The lowest BCUT2D eigenvalue weighted by Gasteiger charge is -2.41. The van der Waals surface area contributed by atoms with E-state index in [1.165, 1.54) is 12.4 Å². The third-order valence-electron chi connectivity index (χ3n) is 9.99. The first-order chi connectivity index (χ1) is 22.2. The Hall–Kier alpha value is -3.72. The van der Waals surface area contributed by atoms with Gasteiger partial charge in [-0.1, -0.05) is 26.0 Å². The Kier molecular flexibility index (Phi) is 8.74. The predicted octanol–water partition coefficient (Wildman–Crippen LogP) is 8.50. The molecule has 250 valence electrons. The summed E-state index contributed by atoms with van der Waals surface area (Å²) in [5, 5.41) is 20.6. The monoisotopic (exact) mass is 657 g/mol. The number of benzene rings is 1. The van der Waals surface area contributed by atoms with Crippen LogP contribution in [0.3, 0.4) is 0 Å². The number of pyridine rings is 1. The molecule has 3 heterocycles. The molecule has 12 heteroatoms. The van der Waals surface area contributed by atoms with E-state index >= 15 is 4.39 Å². The number of aliphatic hydroxyl groups excluding tert-OH is 1. The summed E-state index contributed by atoms with van der Waals surface area (Å²) in [5.74, 6) is -3.09. The van der Waals surface area contributed by atoms with Crippen LogP contribution in [0.25, 0.3) is 0 Å². The topological polar surface area (TPSA) is 85.9 Å². The van der Waals surface area contributed by atoms with Gasteiger partial charge in [-0.05, 0) is 73.1 Å². The SMILES string of the molecule is CC1(C)Cc2nc(C3CCN(c4ncc(C#N)cn4)CC3)c(C(F)c3ccc(C(F)(F)F)cc3)c(C3CCC(F)(F)CC3)c2C(O)C1. The molecule has 2 fully saturated rings. The average Bonchev–Trinajstić information content (AvgIpc) is 3.03. The first kappa shape index (κ1) is 33.2. The summed E-state index contributed by atoms with van der Waals surface area (Å²) in [6.07, 6.45) is -3.14. The number of nitriles is 1. The summed E-state index contributed by atoms with van der Waals surface area (Å²) in [6.45, 7) is 5.05. The van der Waals surface area contributed by atoms with Gasteiger partial charge in [-0.2, -0.15) is 18.4 Å². The van der Waals surface area contributed by atoms with E-state index in [1.807, 2.05) is 24.8 Å². The number of halogens is 6. The highest BCUT2D eigenvalue weighted by Crippen LogP contribution is 2.52. The zero-order valence-corrected chi connectivity index (χ0v) is 26.3. The second kappa shape index (κ2) is 12.4. The maximum Gasteiger partial charge on any atom is 0.416 e. The van der Waals surface area contributed by atoms with Crippen LogP contribution in [-0.2, 0) is 12.6 Å².